The van der Waals surface area contributed by atoms with E-state index in [0.29, 0.717) is 27.1 Å². The maximum absolute atomic E-state index is 10.9. The van der Waals surface area contributed by atoms with Crippen molar-refractivity contribution in [1.29, 1.82) is 0 Å². The lowest BCUT2D eigenvalue weighted by Gasteiger charge is -1.95. The summed E-state index contributed by atoms with van der Waals surface area (Å²) in [4.78, 5) is 18.4. The first kappa shape index (κ1) is 12.4. The van der Waals surface area contributed by atoms with Gasteiger partial charge in [0.05, 0.1) is 11.3 Å². The number of carbonyl (C=O) groups excluding carboxylic acids is 1. The van der Waals surface area contributed by atoms with Gasteiger partial charge in [-0.25, -0.2) is 4.98 Å². The van der Waals surface area contributed by atoms with E-state index in [1.807, 2.05) is 12.1 Å². The summed E-state index contributed by atoms with van der Waals surface area (Å²) in [6, 6.07) is 5.51. The Bertz CT molecular complexity index is 786. The molecule has 1 N–H and O–H groups in total. The van der Waals surface area contributed by atoms with Crippen molar-refractivity contribution < 1.29 is 4.79 Å². The van der Waals surface area contributed by atoms with Gasteiger partial charge in [0.1, 0.15) is 11.3 Å². The van der Waals surface area contributed by atoms with Gasteiger partial charge in [0, 0.05) is 10.4 Å². The number of H-pyrrole nitrogens is 1. The van der Waals surface area contributed by atoms with Crippen molar-refractivity contribution in [2.24, 2.45) is 0 Å². The molecule has 3 aromatic rings. The van der Waals surface area contributed by atoms with Crippen molar-refractivity contribution in [3.05, 3.63) is 23.2 Å². The Morgan fingerprint density at radius 3 is 3.05 bits per heavy atom. The summed E-state index contributed by atoms with van der Waals surface area (Å²) in [6.45, 7) is 1.53. The SMILES string of the molecule is CC(=O)CSc1nnc2c(n1)[nH]c1cc(Cl)ccc12. The number of halogens is 1. The van der Waals surface area contributed by atoms with Crippen LogP contribution in [0.3, 0.4) is 0 Å². The molecule has 3 rings (SSSR count). The van der Waals surface area contributed by atoms with Crippen LogP contribution in [0.1, 0.15) is 6.92 Å². The molecule has 7 heteroatoms. The van der Waals surface area contributed by atoms with Crippen LogP contribution in [0.5, 0.6) is 0 Å². The van der Waals surface area contributed by atoms with Crippen molar-refractivity contribution in [3.63, 3.8) is 0 Å². The van der Waals surface area contributed by atoms with Gasteiger partial charge in [-0.15, -0.1) is 10.2 Å². The van der Waals surface area contributed by atoms with Gasteiger partial charge in [0.15, 0.2) is 5.65 Å². The number of aromatic nitrogens is 4. The van der Waals surface area contributed by atoms with Gasteiger partial charge >= 0.3 is 0 Å². The number of benzene rings is 1. The molecule has 2 aromatic heterocycles. The number of nitrogens with zero attached hydrogens (tertiary/aromatic N) is 3. The molecular formula is C12H9ClN4OS. The van der Waals surface area contributed by atoms with Crippen LogP contribution >= 0.6 is 23.4 Å². The molecule has 1 aromatic carbocycles. The van der Waals surface area contributed by atoms with Crippen LogP contribution in [-0.4, -0.2) is 31.7 Å². The lowest BCUT2D eigenvalue weighted by Crippen LogP contribution is -1.97. The standard InChI is InChI=1S/C12H9ClN4OS/c1-6(18)5-19-12-15-11-10(16-17-12)8-3-2-7(13)4-9(8)14-11/h2-4H,5H2,1H3,(H,14,15,17). The molecule has 0 amide bonds. The Labute approximate surface area is 117 Å². The maximum Gasteiger partial charge on any atom is 0.211 e. The lowest BCUT2D eigenvalue weighted by molar-refractivity contribution is -0.114. The Balaban J connectivity index is 2.08. The van der Waals surface area contributed by atoms with Crippen LogP contribution in [0.4, 0.5) is 0 Å². The highest BCUT2D eigenvalue weighted by Gasteiger charge is 2.10. The smallest absolute Gasteiger partial charge is 0.211 e. The third kappa shape index (κ3) is 2.41. The van der Waals surface area contributed by atoms with Crippen LogP contribution in [0, 0.1) is 0 Å². The number of aromatic amines is 1. The van der Waals surface area contributed by atoms with E-state index in [1.165, 1.54) is 18.7 Å². The van der Waals surface area contributed by atoms with Crippen molar-refractivity contribution in [3.8, 4) is 0 Å². The van der Waals surface area contributed by atoms with Crippen molar-refractivity contribution >= 4 is 51.2 Å². The normalized spacial score (nSPS) is 11.3. The molecule has 0 radical (unpaired) electrons. The van der Waals surface area contributed by atoms with Gasteiger partial charge in [-0.2, -0.15) is 0 Å². The molecule has 0 saturated heterocycles. The van der Waals surface area contributed by atoms with Crippen LogP contribution < -0.4 is 0 Å². The number of thioether (sulfide) groups is 1. The third-order valence-corrected chi connectivity index (χ3v) is 3.78. The van der Waals surface area contributed by atoms with Gasteiger partial charge in [-0.3, -0.25) is 4.79 Å². The molecule has 0 aliphatic heterocycles. The van der Waals surface area contributed by atoms with E-state index in [1.54, 1.807) is 6.07 Å². The van der Waals surface area contributed by atoms with E-state index in [0.717, 1.165) is 10.9 Å². The fourth-order valence-electron chi connectivity index (χ4n) is 1.76. The van der Waals surface area contributed by atoms with Gasteiger partial charge < -0.3 is 4.98 Å². The molecule has 2 heterocycles. The highest BCUT2D eigenvalue weighted by molar-refractivity contribution is 7.99. The van der Waals surface area contributed by atoms with Crippen LogP contribution in [0.25, 0.3) is 22.1 Å². The number of hydrogen-bond acceptors (Lipinski definition) is 5. The second-order valence-electron chi connectivity index (χ2n) is 4.10. The number of Topliss-reactive ketones (excluding diaryl/α,β-unsaturated/α-hetero) is 1. The van der Waals surface area contributed by atoms with E-state index in [2.05, 4.69) is 20.2 Å². The molecule has 0 spiro atoms. The first-order valence-corrected chi connectivity index (χ1v) is 6.94. The minimum Gasteiger partial charge on any atom is -0.338 e. The summed E-state index contributed by atoms with van der Waals surface area (Å²) in [5.74, 6) is 0.427. The maximum atomic E-state index is 10.9. The Morgan fingerprint density at radius 2 is 2.26 bits per heavy atom. The zero-order chi connectivity index (χ0) is 13.4. The van der Waals surface area contributed by atoms with Gasteiger partial charge in [-0.1, -0.05) is 23.4 Å². The molecule has 0 aliphatic carbocycles. The molecular weight excluding hydrogens is 284 g/mol. The summed E-state index contributed by atoms with van der Waals surface area (Å²) >= 11 is 7.22. The minimum atomic E-state index is 0.0807. The first-order valence-electron chi connectivity index (χ1n) is 5.57. The molecule has 0 atom stereocenters. The predicted molar refractivity (Wildman–Crippen MR) is 75.6 cm³/mol. The summed E-state index contributed by atoms with van der Waals surface area (Å²) in [5.41, 5.74) is 2.23. The Hall–Kier alpha value is -1.66. The largest absolute Gasteiger partial charge is 0.338 e. The summed E-state index contributed by atoms with van der Waals surface area (Å²) in [7, 11) is 0. The number of nitrogens with one attached hydrogen (secondary N) is 1. The topological polar surface area (TPSA) is 71.5 Å². The summed E-state index contributed by atoms with van der Waals surface area (Å²) in [6.07, 6.45) is 0. The van der Waals surface area contributed by atoms with E-state index < -0.39 is 0 Å². The lowest BCUT2D eigenvalue weighted by atomic mass is 10.2. The number of rotatable bonds is 3. The van der Waals surface area contributed by atoms with Gasteiger partial charge in [0.2, 0.25) is 5.16 Å². The molecule has 19 heavy (non-hydrogen) atoms. The monoisotopic (exact) mass is 292 g/mol. The highest BCUT2D eigenvalue weighted by Crippen LogP contribution is 2.25. The Kier molecular flexibility index (Phi) is 3.12. The molecule has 0 aliphatic rings. The fourth-order valence-corrected chi connectivity index (χ4v) is 2.52. The zero-order valence-corrected chi connectivity index (χ0v) is 11.5. The van der Waals surface area contributed by atoms with Crippen molar-refractivity contribution in [2.45, 2.75) is 12.1 Å². The van der Waals surface area contributed by atoms with Crippen LogP contribution in [0.15, 0.2) is 23.4 Å². The minimum absolute atomic E-state index is 0.0807. The van der Waals surface area contributed by atoms with Crippen molar-refractivity contribution in [1.82, 2.24) is 20.2 Å². The van der Waals surface area contributed by atoms with Crippen LogP contribution in [-0.2, 0) is 4.79 Å². The molecule has 0 bridgehead atoms. The number of hydrogen-bond donors (Lipinski definition) is 1. The Morgan fingerprint density at radius 1 is 1.42 bits per heavy atom. The third-order valence-electron chi connectivity index (χ3n) is 2.56. The fraction of sp³-hybridized carbons (Fsp3) is 0.167. The highest BCUT2D eigenvalue weighted by atomic mass is 35.5. The van der Waals surface area contributed by atoms with E-state index in [9.17, 15) is 4.79 Å². The summed E-state index contributed by atoms with van der Waals surface area (Å²) in [5, 5.41) is 10.2. The zero-order valence-electron chi connectivity index (χ0n) is 9.98. The summed E-state index contributed by atoms with van der Waals surface area (Å²) < 4.78 is 0. The molecule has 0 unspecified atom stereocenters. The van der Waals surface area contributed by atoms with Crippen molar-refractivity contribution in [2.75, 3.05) is 5.75 Å². The second kappa shape index (κ2) is 4.79. The number of fused-ring (bicyclic) bond motifs is 3. The molecule has 0 fully saturated rings. The molecule has 0 saturated carbocycles. The van der Waals surface area contributed by atoms with Crippen LogP contribution in [0.2, 0.25) is 5.02 Å². The number of carbonyl (C=O) groups is 1. The number of ketones is 1. The average molecular weight is 293 g/mol. The van der Waals surface area contributed by atoms with Gasteiger partial charge in [-0.05, 0) is 25.1 Å². The van der Waals surface area contributed by atoms with E-state index >= 15 is 0 Å². The van der Waals surface area contributed by atoms with E-state index in [-0.39, 0.29) is 5.78 Å². The predicted octanol–water partition coefficient (Wildman–Crippen LogP) is 2.84. The average Bonchev–Trinajstić information content (AvgIpc) is 2.72. The van der Waals surface area contributed by atoms with E-state index in [4.69, 9.17) is 11.6 Å². The second-order valence-corrected chi connectivity index (χ2v) is 5.48. The first-order chi connectivity index (χ1) is 9.13. The molecule has 96 valence electrons. The molecule has 5 nitrogen and oxygen atoms in total. The van der Waals surface area contributed by atoms with Gasteiger partial charge in [0.25, 0.3) is 0 Å². The quantitative estimate of drug-likeness (QED) is 0.752.